The van der Waals surface area contributed by atoms with Crippen LogP contribution >= 0.6 is 0 Å². The summed E-state index contributed by atoms with van der Waals surface area (Å²) in [6, 6.07) is 21.7. The molecule has 0 unspecified atom stereocenters. The van der Waals surface area contributed by atoms with Crippen LogP contribution in [0.25, 0.3) is 17.2 Å². The number of allylic oxidation sites excluding steroid dienone is 1. The number of ketones is 1. The molecule has 44 heavy (non-hydrogen) atoms. The highest BCUT2D eigenvalue weighted by Gasteiger charge is 2.26. The fourth-order valence-corrected chi connectivity index (χ4v) is 4.47. The second kappa shape index (κ2) is 13.8. The van der Waals surface area contributed by atoms with Crippen molar-refractivity contribution in [3.63, 3.8) is 0 Å². The standard InChI is InChI=1S/C34H31F3N2O5/c1-21-27(23-7-10-25(38)11-8-23)14-15-28(39)32(21)29(40)16-6-22-4-12-26(13-5-22)44-33(41)24-9-17-30(31(20-24)42-2)43-19-3-18-34(35,36)37/h4-17,20H,3,18-19,38-39H2,1-2H3/b16-6+. The zero-order chi connectivity index (χ0) is 31.9. The topological polar surface area (TPSA) is 114 Å². The highest BCUT2D eigenvalue weighted by atomic mass is 19.4. The molecule has 0 aliphatic rings. The van der Waals surface area contributed by atoms with Gasteiger partial charge in [0.2, 0.25) is 0 Å². The van der Waals surface area contributed by atoms with Gasteiger partial charge in [-0.05, 0) is 90.2 Å². The van der Waals surface area contributed by atoms with E-state index >= 15 is 0 Å². The quantitative estimate of drug-likeness (QED) is 0.0451. The first-order chi connectivity index (χ1) is 20.9. The minimum atomic E-state index is -4.26. The van der Waals surface area contributed by atoms with Gasteiger partial charge >= 0.3 is 12.1 Å². The summed E-state index contributed by atoms with van der Waals surface area (Å²) in [4.78, 5) is 25.8. The lowest BCUT2D eigenvalue weighted by molar-refractivity contribution is -0.136. The third-order valence-corrected chi connectivity index (χ3v) is 6.74. The molecular weight excluding hydrogens is 573 g/mol. The van der Waals surface area contributed by atoms with E-state index in [2.05, 4.69) is 0 Å². The Morgan fingerprint density at radius 3 is 2.25 bits per heavy atom. The Labute approximate surface area is 252 Å². The summed E-state index contributed by atoms with van der Waals surface area (Å²) in [7, 11) is 1.36. The Morgan fingerprint density at radius 2 is 1.59 bits per heavy atom. The lowest BCUT2D eigenvalue weighted by Crippen LogP contribution is -2.11. The van der Waals surface area contributed by atoms with Crippen LogP contribution in [0.15, 0.2) is 84.9 Å². The van der Waals surface area contributed by atoms with E-state index in [1.54, 1.807) is 48.5 Å². The van der Waals surface area contributed by atoms with Crippen molar-refractivity contribution in [3.05, 3.63) is 107 Å². The number of esters is 1. The average molecular weight is 605 g/mol. The SMILES string of the molecule is COc1cc(C(=O)Oc2ccc(/C=C/C(=O)c3c(N)ccc(-c4ccc(N)cc4)c3C)cc2)ccc1OCCCC(F)(F)F. The maximum absolute atomic E-state index is 13.1. The molecular formula is C34H31F3N2O5. The summed E-state index contributed by atoms with van der Waals surface area (Å²) in [5.74, 6) is -0.259. The van der Waals surface area contributed by atoms with E-state index in [1.807, 2.05) is 25.1 Å². The Morgan fingerprint density at radius 1 is 0.886 bits per heavy atom. The van der Waals surface area contributed by atoms with Crippen molar-refractivity contribution in [1.82, 2.24) is 0 Å². The summed E-state index contributed by atoms with van der Waals surface area (Å²) in [6.45, 7) is 1.69. The van der Waals surface area contributed by atoms with Gasteiger partial charge in [-0.25, -0.2) is 4.79 Å². The molecule has 10 heteroatoms. The molecule has 0 heterocycles. The van der Waals surface area contributed by atoms with Crippen molar-refractivity contribution < 1.29 is 37.0 Å². The van der Waals surface area contributed by atoms with Crippen molar-refractivity contribution in [3.8, 4) is 28.4 Å². The molecule has 0 saturated carbocycles. The van der Waals surface area contributed by atoms with E-state index in [4.69, 9.17) is 25.7 Å². The summed E-state index contributed by atoms with van der Waals surface area (Å²) >= 11 is 0. The Kier molecular flexibility index (Phi) is 9.95. The van der Waals surface area contributed by atoms with Crippen LogP contribution in [-0.2, 0) is 0 Å². The first-order valence-electron chi connectivity index (χ1n) is 13.6. The first kappa shape index (κ1) is 31.7. The molecule has 4 rings (SSSR count). The highest BCUT2D eigenvalue weighted by Crippen LogP contribution is 2.31. The zero-order valence-corrected chi connectivity index (χ0v) is 24.1. The molecule has 0 fully saturated rings. The number of nitrogens with two attached hydrogens (primary N) is 2. The molecule has 0 saturated heterocycles. The van der Waals surface area contributed by atoms with Crippen LogP contribution in [-0.4, -0.2) is 31.6 Å². The minimum absolute atomic E-state index is 0.158. The van der Waals surface area contributed by atoms with Gasteiger partial charge in [0.05, 0.1) is 19.3 Å². The number of carbonyl (C=O) groups is 2. The van der Waals surface area contributed by atoms with Gasteiger partial charge in [0.1, 0.15) is 5.75 Å². The molecule has 0 aliphatic heterocycles. The first-order valence-corrected chi connectivity index (χ1v) is 13.6. The zero-order valence-electron chi connectivity index (χ0n) is 24.1. The second-order valence-corrected chi connectivity index (χ2v) is 9.91. The number of halogens is 3. The van der Waals surface area contributed by atoms with Gasteiger partial charge in [-0.2, -0.15) is 13.2 Å². The van der Waals surface area contributed by atoms with Crippen molar-refractivity contribution in [2.75, 3.05) is 25.2 Å². The van der Waals surface area contributed by atoms with Gasteiger partial charge in [0.25, 0.3) is 0 Å². The second-order valence-electron chi connectivity index (χ2n) is 9.91. The monoisotopic (exact) mass is 604 g/mol. The van der Waals surface area contributed by atoms with Gasteiger partial charge in [-0.1, -0.05) is 36.4 Å². The fourth-order valence-electron chi connectivity index (χ4n) is 4.47. The van der Waals surface area contributed by atoms with Crippen LogP contribution in [0, 0.1) is 6.92 Å². The van der Waals surface area contributed by atoms with Gasteiger partial charge in [0, 0.05) is 23.4 Å². The fraction of sp³-hybridized carbons (Fsp3) is 0.176. The summed E-state index contributed by atoms with van der Waals surface area (Å²) in [6.07, 6.45) is -2.35. The molecule has 0 bridgehead atoms. The smallest absolute Gasteiger partial charge is 0.389 e. The third kappa shape index (κ3) is 8.19. The summed E-state index contributed by atoms with van der Waals surface area (Å²) in [5.41, 5.74) is 16.8. The van der Waals surface area contributed by atoms with Crippen LogP contribution < -0.4 is 25.7 Å². The van der Waals surface area contributed by atoms with E-state index in [1.165, 1.54) is 31.4 Å². The molecule has 0 atom stereocenters. The number of ether oxygens (including phenoxy) is 3. The van der Waals surface area contributed by atoms with Crippen LogP contribution in [0.2, 0.25) is 0 Å². The van der Waals surface area contributed by atoms with Gasteiger partial charge in [-0.3, -0.25) is 4.79 Å². The summed E-state index contributed by atoms with van der Waals surface area (Å²) in [5, 5.41) is 0. The largest absolute Gasteiger partial charge is 0.493 e. The van der Waals surface area contributed by atoms with Crippen LogP contribution in [0.5, 0.6) is 17.2 Å². The number of anilines is 2. The molecule has 0 amide bonds. The molecule has 4 N–H and O–H groups in total. The van der Waals surface area contributed by atoms with E-state index in [0.29, 0.717) is 22.5 Å². The minimum Gasteiger partial charge on any atom is -0.493 e. The molecule has 0 radical (unpaired) electrons. The molecule has 0 spiro atoms. The number of methoxy groups -OCH3 is 1. The molecule has 7 nitrogen and oxygen atoms in total. The van der Waals surface area contributed by atoms with E-state index < -0.39 is 18.6 Å². The lowest BCUT2D eigenvalue weighted by atomic mass is 9.93. The number of nitrogen functional groups attached to an aromatic ring is 2. The van der Waals surface area contributed by atoms with Crippen molar-refractivity contribution in [2.45, 2.75) is 25.9 Å². The Hall–Kier alpha value is -5.25. The summed E-state index contributed by atoms with van der Waals surface area (Å²) < 4.78 is 53.1. The Bertz CT molecular complexity index is 1660. The number of benzene rings is 4. The molecule has 0 aromatic heterocycles. The number of rotatable bonds is 11. The average Bonchev–Trinajstić information content (AvgIpc) is 2.99. The van der Waals surface area contributed by atoms with E-state index in [9.17, 15) is 22.8 Å². The van der Waals surface area contributed by atoms with Gasteiger partial charge < -0.3 is 25.7 Å². The van der Waals surface area contributed by atoms with Crippen molar-refractivity contribution >= 4 is 29.2 Å². The molecule has 4 aromatic carbocycles. The number of hydrogen-bond donors (Lipinski definition) is 2. The molecule has 0 aliphatic carbocycles. The third-order valence-electron chi connectivity index (χ3n) is 6.74. The Balaban J connectivity index is 1.39. The predicted molar refractivity (Wildman–Crippen MR) is 164 cm³/mol. The van der Waals surface area contributed by atoms with Crippen LogP contribution in [0.1, 0.15) is 44.7 Å². The number of carbonyl (C=O) groups excluding carboxylic acids is 2. The molecule has 228 valence electrons. The van der Waals surface area contributed by atoms with Crippen molar-refractivity contribution in [2.24, 2.45) is 0 Å². The highest BCUT2D eigenvalue weighted by molar-refractivity contribution is 6.12. The van der Waals surface area contributed by atoms with Gasteiger partial charge in [0.15, 0.2) is 17.3 Å². The molecule has 4 aromatic rings. The van der Waals surface area contributed by atoms with E-state index in [0.717, 1.165) is 16.7 Å². The maximum Gasteiger partial charge on any atom is 0.389 e. The van der Waals surface area contributed by atoms with Crippen LogP contribution in [0.3, 0.4) is 0 Å². The normalized spacial score (nSPS) is 11.4. The van der Waals surface area contributed by atoms with Crippen molar-refractivity contribution in [1.29, 1.82) is 0 Å². The van der Waals surface area contributed by atoms with E-state index in [-0.39, 0.29) is 41.6 Å². The lowest BCUT2D eigenvalue weighted by Gasteiger charge is -2.13. The number of alkyl halides is 3. The van der Waals surface area contributed by atoms with Crippen LogP contribution in [0.4, 0.5) is 24.5 Å². The van der Waals surface area contributed by atoms with Gasteiger partial charge in [-0.15, -0.1) is 0 Å². The predicted octanol–water partition coefficient (Wildman–Crippen LogP) is 7.67. The maximum atomic E-state index is 13.1. The number of hydrogen-bond acceptors (Lipinski definition) is 7.